The first-order valence-corrected chi connectivity index (χ1v) is 6.00. The fourth-order valence-electron chi connectivity index (χ4n) is 1.83. The van der Waals surface area contributed by atoms with Crippen molar-refractivity contribution >= 4 is 11.6 Å². The maximum atomic E-state index is 12.4. The van der Waals surface area contributed by atoms with Crippen molar-refractivity contribution in [3.63, 3.8) is 0 Å². The summed E-state index contributed by atoms with van der Waals surface area (Å²) < 4.78 is 4.99. The van der Waals surface area contributed by atoms with Gasteiger partial charge < -0.3 is 15.4 Å². The van der Waals surface area contributed by atoms with Crippen LogP contribution in [0.1, 0.15) is 19.4 Å². The van der Waals surface area contributed by atoms with Gasteiger partial charge in [-0.05, 0) is 31.5 Å². The second-order valence-electron chi connectivity index (χ2n) is 4.97. The molecule has 1 aromatic carbocycles. The third kappa shape index (κ3) is 3.23. The number of nitrogens with zero attached hydrogens (tertiary/aromatic N) is 1. The Labute approximate surface area is 109 Å². The van der Waals surface area contributed by atoms with Crippen molar-refractivity contribution in [1.82, 2.24) is 4.90 Å². The molecule has 0 spiro atoms. The Hall–Kier alpha value is -1.55. The van der Waals surface area contributed by atoms with Crippen LogP contribution < -0.4 is 5.73 Å². The molecule has 4 nitrogen and oxygen atoms in total. The van der Waals surface area contributed by atoms with Crippen LogP contribution in [0.5, 0.6) is 0 Å². The van der Waals surface area contributed by atoms with Crippen molar-refractivity contribution in [3.05, 3.63) is 29.8 Å². The van der Waals surface area contributed by atoms with Gasteiger partial charge in [0, 0.05) is 26.4 Å². The average Bonchev–Trinajstić information content (AvgIpc) is 2.35. The van der Waals surface area contributed by atoms with E-state index in [4.69, 9.17) is 10.5 Å². The van der Waals surface area contributed by atoms with Crippen LogP contribution in [-0.4, -0.2) is 38.1 Å². The molecule has 1 rings (SSSR count). The third-order valence-electron chi connectivity index (χ3n) is 3.14. The van der Waals surface area contributed by atoms with E-state index in [-0.39, 0.29) is 5.91 Å². The lowest BCUT2D eigenvalue weighted by molar-refractivity contribution is -0.135. The standard InChI is InChI=1S/C14H22N2O2/c1-14(2,11-5-7-12(15)8-6-11)13(17)16(3)9-10-18-4/h5-8H,9-10,15H2,1-4H3. The van der Waals surface area contributed by atoms with Gasteiger partial charge in [0.2, 0.25) is 5.91 Å². The fourth-order valence-corrected chi connectivity index (χ4v) is 1.83. The molecule has 0 saturated carbocycles. The zero-order chi connectivity index (χ0) is 13.8. The number of hydrogen-bond donors (Lipinski definition) is 1. The summed E-state index contributed by atoms with van der Waals surface area (Å²) >= 11 is 0. The van der Waals surface area contributed by atoms with E-state index >= 15 is 0 Å². The lowest BCUT2D eigenvalue weighted by Gasteiger charge is -2.29. The van der Waals surface area contributed by atoms with Crippen LogP contribution in [0.3, 0.4) is 0 Å². The Morgan fingerprint density at radius 3 is 2.39 bits per heavy atom. The quantitative estimate of drug-likeness (QED) is 0.808. The van der Waals surface area contributed by atoms with Gasteiger partial charge in [0.05, 0.1) is 12.0 Å². The number of likely N-dealkylation sites (N-methyl/N-ethyl adjacent to an activating group) is 1. The SMILES string of the molecule is COCCN(C)C(=O)C(C)(C)c1ccc(N)cc1. The minimum absolute atomic E-state index is 0.0734. The van der Waals surface area contributed by atoms with Crippen LogP contribution in [0.4, 0.5) is 5.69 Å². The monoisotopic (exact) mass is 250 g/mol. The molecule has 0 bridgehead atoms. The van der Waals surface area contributed by atoms with Crippen molar-refractivity contribution < 1.29 is 9.53 Å². The molecule has 1 amide bonds. The predicted molar refractivity (Wildman–Crippen MR) is 73.4 cm³/mol. The first-order valence-electron chi connectivity index (χ1n) is 6.00. The summed E-state index contributed by atoms with van der Waals surface area (Å²) in [6, 6.07) is 7.44. The lowest BCUT2D eigenvalue weighted by Crippen LogP contribution is -2.42. The van der Waals surface area contributed by atoms with E-state index < -0.39 is 5.41 Å². The Kier molecular flexibility index (Phi) is 4.73. The smallest absolute Gasteiger partial charge is 0.232 e. The van der Waals surface area contributed by atoms with Crippen LogP contribution in [0, 0.1) is 0 Å². The third-order valence-corrected chi connectivity index (χ3v) is 3.14. The minimum atomic E-state index is -0.559. The minimum Gasteiger partial charge on any atom is -0.399 e. The second-order valence-corrected chi connectivity index (χ2v) is 4.97. The largest absolute Gasteiger partial charge is 0.399 e. The number of nitrogens with two attached hydrogens (primary N) is 1. The molecule has 0 unspecified atom stereocenters. The summed E-state index contributed by atoms with van der Waals surface area (Å²) in [6.45, 7) is 4.97. The van der Waals surface area contributed by atoms with E-state index in [1.165, 1.54) is 0 Å². The van der Waals surface area contributed by atoms with E-state index in [1.807, 2.05) is 38.1 Å². The van der Waals surface area contributed by atoms with E-state index in [9.17, 15) is 4.79 Å². The number of ether oxygens (including phenoxy) is 1. The highest BCUT2D eigenvalue weighted by atomic mass is 16.5. The predicted octanol–water partition coefficient (Wildman–Crippen LogP) is 1.65. The normalized spacial score (nSPS) is 11.3. The molecule has 0 aromatic heterocycles. The van der Waals surface area contributed by atoms with Gasteiger partial charge in [0.15, 0.2) is 0 Å². The molecule has 4 heteroatoms. The average molecular weight is 250 g/mol. The molecule has 0 aliphatic heterocycles. The summed E-state index contributed by atoms with van der Waals surface area (Å²) in [5.41, 5.74) is 6.77. The number of benzene rings is 1. The van der Waals surface area contributed by atoms with Gasteiger partial charge in [-0.15, -0.1) is 0 Å². The molecule has 0 fully saturated rings. The van der Waals surface area contributed by atoms with Gasteiger partial charge in [-0.3, -0.25) is 4.79 Å². The summed E-state index contributed by atoms with van der Waals surface area (Å²) in [6.07, 6.45) is 0. The first kappa shape index (κ1) is 14.5. The zero-order valence-electron chi connectivity index (χ0n) is 11.6. The molecule has 0 saturated heterocycles. The van der Waals surface area contributed by atoms with Crippen molar-refractivity contribution in [2.45, 2.75) is 19.3 Å². The van der Waals surface area contributed by atoms with Crippen molar-refractivity contribution in [1.29, 1.82) is 0 Å². The van der Waals surface area contributed by atoms with Gasteiger partial charge >= 0.3 is 0 Å². The van der Waals surface area contributed by atoms with Crippen LogP contribution in [-0.2, 0) is 14.9 Å². The summed E-state index contributed by atoms with van der Waals surface area (Å²) in [5.74, 6) is 0.0734. The van der Waals surface area contributed by atoms with Crippen LogP contribution in [0.25, 0.3) is 0 Å². The van der Waals surface area contributed by atoms with Crippen molar-refractivity contribution in [2.75, 3.05) is 33.0 Å². The van der Waals surface area contributed by atoms with Crippen LogP contribution in [0.2, 0.25) is 0 Å². The highest BCUT2D eigenvalue weighted by Gasteiger charge is 2.32. The number of nitrogen functional groups attached to an aromatic ring is 1. The molecule has 2 N–H and O–H groups in total. The Balaban J connectivity index is 2.84. The molecule has 18 heavy (non-hydrogen) atoms. The summed E-state index contributed by atoms with van der Waals surface area (Å²) in [7, 11) is 3.42. The molecule has 1 aromatic rings. The number of amides is 1. The number of carbonyl (C=O) groups excluding carboxylic acids is 1. The van der Waals surface area contributed by atoms with Gasteiger partial charge in [-0.2, -0.15) is 0 Å². The number of carbonyl (C=O) groups is 1. The van der Waals surface area contributed by atoms with E-state index in [1.54, 1.807) is 19.1 Å². The highest BCUT2D eigenvalue weighted by molar-refractivity contribution is 5.87. The summed E-state index contributed by atoms with van der Waals surface area (Å²) in [5, 5.41) is 0. The van der Waals surface area contributed by atoms with Gasteiger partial charge in [-0.1, -0.05) is 12.1 Å². The molecule has 100 valence electrons. The highest BCUT2D eigenvalue weighted by Crippen LogP contribution is 2.26. The Morgan fingerprint density at radius 2 is 1.89 bits per heavy atom. The number of anilines is 1. The van der Waals surface area contributed by atoms with E-state index in [2.05, 4.69) is 0 Å². The molecule has 0 atom stereocenters. The van der Waals surface area contributed by atoms with Crippen LogP contribution >= 0.6 is 0 Å². The topological polar surface area (TPSA) is 55.6 Å². The molecule has 0 heterocycles. The summed E-state index contributed by atoms with van der Waals surface area (Å²) in [4.78, 5) is 14.1. The Morgan fingerprint density at radius 1 is 1.33 bits per heavy atom. The maximum absolute atomic E-state index is 12.4. The maximum Gasteiger partial charge on any atom is 0.232 e. The first-order chi connectivity index (χ1) is 8.39. The van der Waals surface area contributed by atoms with Crippen LogP contribution in [0.15, 0.2) is 24.3 Å². The second kappa shape index (κ2) is 5.87. The van der Waals surface area contributed by atoms with Crippen molar-refractivity contribution in [3.8, 4) is 0 Å². The number of hydrogen-bond acceptors (Lipinski definition) is 3. The molecule has 0 radical (unpaired) electrons. The molecular formula is C14H22N2O2. The van der Waals surface area contributed by atoms with E-state index in [0.29, 0.717) is 18.8 Å². The van der Waals surface area contributed by atoms with Gasteiger partial charge in [0.1, 0.15) is 0 Å². The Bertz CT molecular complexity index is 399. The fraction of sp³-hybridized carbons (Fsp3) is 0.500. The number of methoxy groups -OCH3 is 1. The molecule has 0 aliphatic rings. The number of rotatable bonds is 5. The zero-order valence-corrected chi connectivity index (χ0v) is 11.6. The van der Waals surface area contributed by atoms with Gasteiger partial charge in [-0.25, -0.2) is 0 Å². The molecular weight excluding hydrogens is 228 g/mol. The lowest BCUT2D eigenvalue weighted by atomic mass is 9.83. The van der Waals surface area contributed by atoms with Crippen molar-refractivity contribution in [2.24, 2.45) is 0 Å². The molecule has 0 aliphatic carbocycles. The van der Waals surface area contributed by atoms with Gasteiger partial charge in [0.25, 0.3) is 0 Å². The van der Waals surface area contributed by atoms with E-state index in [0.717, 1.165) is 5.56 Å².